The van der Waals surface area contributed by atoms with Crippen molar-refractivity contribution < 1.29 is 4.79 Å². The van der Waals surface area contributed by atoms with Gasteiger partial charge in [-0.2, -0.15) is 0 Å². The van der Waals surface area contributed by atoms with Gasteiger partial charge < -0.3 is 9.88 Å². The number of rotatable bonds is 1. The second kappa shape index (κ2) is 4.48. The topological polar surface area (TPSA) is 36.1 Å². The second-order valence-electron chi connectivity index (χ2n) is 5.12. The van der Waals surface area contributed by atoms with Crippen molar-refractivity contribution in [3.05, 3.63) is 36.0 Å². The van der Waals surface area contributed by atoms with E-state index in [-0.39, 0.29) is 5.91 Å². The Bertz CT molecular complexity index is 573. The molecule has 1 aromatic heterocycles. The van der Waals surface area contributed by atoms with E-state index in [2.05, 4.69) is 11.9 Å². The molecule has 94 valence electrons. The van der Waals surface area contributed by atoms with Crippen LogP contribution in [-0.4, -0.2) is 28.4 Å². The Balaban J connectivity index is 1.90. The number of amides is 1. The van der Waals surface area contributed by atoms with Gasteiger partial charge in [-0.1, -0.05) is 0 Å². The number of fused-ring (bicyclic) bond motifs is 1. The van der Waals surface area contributed by atoms with E-state index in [0.717, 1.165) is 35.9 Å². The van der Waals surface area contributed by atoms with E-state index in [0.29, 0.717) is 6.04 Å². The number of aromatic nitrogens is 1. The van der Waals surface area contributed by atoms with Crippen LogP contribution >= 0.6 is 0 Å². The first-order valence-electron chi connectivity index (χ1n) is 6.64. The highest BCUT2D eigenvalue weighted by molar-refractivity contribution is 5.98. The maximum Gasteiger partial charge on any atom is 0.254 e. The normalized spacial score (nSPS) is 20.3. The van der Waals surface area contributed by atoms with E-state index in [1.54, 1.807) is 0 Å². The Morgan fingerprint density at radius 3 is 3.06 bits per heavy atom. The molecule has 1 amide bonds. The van der Waals surface area contributed by atoms with Crippen LogP contribution in [0.3, 0.4) is 0 Å². The van der Waals surface area contributed by atoms with Crippen LogP contribution in [0.25, 0.3) is 10.9 Å². The molecule has 1 aromatic carbocycles. The van der Waals surface area contributed by atoms with Crippen LogP contribution in [0.15, 0.2) is 30.5 Å². The van der Waals surface area contributed by atoms with Gasteiger partial charge in [-0.3, -0.25) is 4.79 Å². The molecular formula is C15H18N2O. The molecule has 2 aromatic rings. The minimum Gasteiger partial charge on any atom is -0.361 e. The number of H-pyrrole nitrogens is 1. The van der Waals surface area contributed by atoms with Crippen LogP contribution in [-0.2, 0) is 0 Å². The molecule has 1 aliphatic heterocycles. The summed E-state index contributed by atoms with van der Waals surface area (Å²) < 4.78 is 0. The fourth-order valence-electron chi connectivity index (χ4n) is 2.75. The van der Waals surface area contributed by atoms with Gasteiger partial charge in [0.1, 0.15) is 0 Å². The number of hydrogen-bond acceptors (Lipinski definition) is 1. The molecule has 3 heteroatoms. The second-order valence-corrected chi connectivity index (χ2v) is 5.12. The Labute approximate surface area is 107 Å². The van der Waals surface area contributed by atoms with Crippen LogP contribution in [0.1, 0.15) is 36.5 Å². The highest BCUT2D eigenvalue weighted by Crippen LogP contribution is 2.21. The molecule has 0 aliphatic carbocycles. The van der Waals surface area contributed by atoms with Gasteiger partial charge in [-0.15, -0.1) is 0 Å². The molecule has 1 saturated heterocycles. The molecule has 1 atom stereocenters. The first-order valence-corrected chi connectivity index (χ1v) is 6.64. The van der Waals surface area contributed by atoms with Crippen molar-refractivity contribution in [1.82, 2.24) is 9.88 Å². The van der Waals surface area contributed by atoms with Crippen molar-refractivity contribution in [2.24, 2.45) is 0 Å². The zero-order valence-corrected chi connectivity index (χ0v) is 10.6. The molecular weight excluding hydrogens is 224 g/mol. The van der Waals surface area contributed by atoms with E-state index in [4.69, 9.17) is 0 Å². The van der Waals surface area contributed by atoms with Crippen LogP contribution in [0, 0.1) is 0 Å². The SMILES string of the molecule is CC1CCCCN1C(=O)c1ccc2[nH]ccc2c1. The third-order valence-electron chi connectivity index (χ3n) is 3.86. The summed E-state index contributed by atoms with van der Waals surface area (Å²) in [5.41, 5.74) is 1.88. The molecule has 3 rings (SSSR count). The third kappa shape index (κ3) is 1.90. The maximum atomic E-state index is 12.5. The van der Waals surface area contributed by atoms with Crippen molar-refractivity contribution in [3.8, 4) is 0 Å². The molecule has 0 radical (unpaired) electrons. The summed E-state index contributed by atoms with van der Waals surface area (Å²) in [7, 11) is 0. The number of benzene rings is 1. The van der Waals surface area contributed by atoms with Gasteiger partial charge in [0.2, 0.25) is 0 Å². The van der Waals surface area contributed by atoms with Gasteiger partial charge in [0.25, 0.3) is 5.91 Å². The van der Waals surface area contributed by atoms with Gasteiger partial charge in [-0.05, 0) is 50.5 Å². The molecule has 1 N–H and O–H groups in total. The average Bonchev–Trinajstić information content (AvgIpc) is 2.85. The van der Waals surface area contributed by atoms with E-state index >= 15 is 0 Å². The fraction of sp³-hybridized carbons (Fsp3) is 0.400. The zero-order valence-electron chi connectivity index (χ0n) is 10.6. The maximum absolute atomic E-state index is 12.5. The van der Waals surface area contributed by atoms with Crippen LogP contribution in [0.4, 0.5) is 0 Å². The van der Waals surface area contributed by atoms with Gasteiger partial charge in [0.15, 0.2) is 0 Å². The fourth-order valence-corrected chi connectivity index (χ4v) is 2.75. The number of likely N-dealkylation sites (tertiary alicyclic amines) is 1. The standard InChI is InChI=1S/C15H18N2O/c1-11-4-2-3-9-17(11)15(18)13-5-6-14-12(10-13)7-8-16-14/h5-8,10-11,16H,2-4,9H2,1H3. The molecule has 0 spiro atoms. The number of nitrogens with one attached hydrogen (secondary N) is 1. The Kier molecular flexibility index (Phi) is 2.82. The number of hydrogen-bond donors (Lipinski definition) is 1. The largest absolute Gasteiger partial charge is 0.361 e. The van der Waals surface area contributed by atoms with Crippen molar-refractivity contribution in [2.45, 2.75) is 32.2 Å². The summed E-state index contributed by atoms with van der Waals surface area (Å²) >= 11 is 0. The predicted octanol–water partition coefficient (Wildman–Crippen LogP) is 3.18. The predicted molar refractivity (Wildman–Crippen MR) is 72.6 cm³/mol. The van der Waals surface area contributed by atoms with Gasteiger partial charge in [0, 0.05) is 35.2 Å². The highest BCUT2D eigenvalue weighted by Gasteiger charge is 2.24. The van der Waals surface area contributed by atoms with Crippen molar-refractivity contribution in [2.75, 3.05) is 6.54 Å². The summed E-state index contributed by atoms with van der Waals surface area (Å²) in [4.78, 5) is 17.7. The molecule has 1 unspecified atom stereocenters. The molecule has 3 nitrogen and oxygen atoms in total. The number of carbonyl (C=O) groups excluding carboxylic acids is 1. The minimum atomic E-state index is 0.172. The Morgan fingerprint density at radius 2 is 2.22 bits per heavy atom. The van der Waals surface area contributed by atoms with Crippen molar-refractivity contribution in [3.63, 3.8) is 0 Å². The monoisotopic (exact) mass is 242 g/mol. The lowest BCUT2D eigenvalue weighted by molar-refractivity contribution is 0.0636. The molecule has 1 fully saturated rings. The van der Waals surface area contributed by atoms with E-state index in [1.165, 1.54) is 6.42 Å². The van der Waals surface area contributed by atoms with Crippen LogP contribution < -0.4 is 0 Å². The first-order chi connectivity index (χ1) is 8.75. The summed E-state index contributed by atoms with van der Waals surface area (Å²) in [5, 5.41) is 1.10. The first kappa shape index (κ1) is 11.3. The smallest absolute Gasteiger partial charge is 0.254 e. The molecule has 2 heterocycles. The van der Waals surface area contributed by atoms with Gasteiger partial charge in [0.05, 0.1) is 0 Å². The average molecular weight is 242 g/mol. The highest BCUT2D eigenvalue weighted by atomic mass is 16.2. The van der Waals surface area contributed by atoms with Gasteiger partial charge >= 0.3 is 0 Å². The molecule has 0 bridgehead atoms. The lowest BCUT2D eigenvalue weighted by atomic mass is 10.0. The Morgan fingerprint density at radius 1 is 1.33 bits per heavy atom. The van der Waals surface area contributed by atoms with E-state index in [1.807, 2.05) is 35.4 Å². The van der Waals surface area contributed by atoms with Crippen molar-refractivity contribution in [1.29, 1.82) is 0 Å². The zero-order chi connectivity index (χ0) is 12.5. The summed E-state index contributed by atoms with van der Waals surface area (Å²) in [5.74, 6) is 0.172. The van der Waals surface area contributed by atoms with E-state index < -0.39 is 0 Å². The molecule has 1 aliphatic rings. The van der Waals surface area contributed by atoms with Crippen LogP contribution in [0.5, 0.6) is 0 Å². The lowest BCUT2D eigenvalue weighted by Crippen LogP contribution is -2.41. The number of nitrogens with zero attached hydrogens (tertiary/aromatic N) is 1. The number of piperidine rings is 1. The number of carbonyl (C=O) groups is 1. The third-order valence-corrected chi connectivity index (χ3v) is 3.86. The quantitative estimate of drug-likeness (QED) is 0.819. The van der Waals surface area contributed by atoms with Gasteiger partial charge in [-0.25, -0.2) is 0 Å². The summed E-state index contributed by atoms with van der Waals surface area (Å²) in [6.45, 7) is 3.04. The van der Waals surface area contributed by atoms with Crippen molar-refractivity contribution >= 4 is 16.8 Å². The molecule has 18 heavy (non-hydrogen) atoms. The minimum absolute atomic E-state index is 0.172. The van der Waals surface area contributed by atoms with Crippen LogP contribution in [0.2, 0.25) is 0 Å². The van der Waals surface area contributed by atoms with E-state index in [9.17, 15) is 4.79 Å². The lowest BCUT2D eigenvalue weighted by Gasteiger charge is -2.33. The molecule has 0 saturated carbocycles. The number of aromatic amines is 1. The summed E-state index contributed by atoms with van der Waals surface area (Å²) in [6, 6.07) is 8.26. The Hall–Kier alpha value is -1.77. The summed E-state index contributed by atoms with van der Waals surface area (Å²) in [6.07, 6.45) is 5.39.